The van der Waals surface area contributed by atoms with Gasteiger partial charge in [0.1, 0.15) is 5.82 Å². The Morgan fingerprint density at radius 1 is 1.50 bits per heavy atom. The third-order valence-corrected chi connectivity index (χ3v) is 3.70. The lowest BCUT2D eigenvalue weighted by Gasteiger charge is -2.20. The van der Waals surface area contributed by atoms with Crippen LogP contribution in [0.15, 0.2) is 24.3 Å². The standard InChI is InChI=1S/C12H18FNOS/c1-9(14)12(16-7-6-15-2)10-4-3-5-11(13)8-10/h3-5,8-9,12H,6-7,14H2,1-2H3. The first-order valence-corrected chi connectivity index (χ1v) is 6.31. The lowest BCUT2D eigenvalue weighted by Crippen LogP contribution is -2.23. The average molecular weight is 243 g/mol. The maximum atomic E-state index is 13.1. The number of thioether (sulfide) groups is 1. The molecule has 90 valence electrons. The number of rotatable bonds is 6. The first-order chi connectivity index (χ1) is 7.65. The molecule has 4 heteroatoms. The molecule has 0 aliphatic carbocycles. The minimum absolute atomic E-state index is 0.0105. The summed E-state index contributed by atoms with van der Waals surface area (Å²) in [4.78, 5) is 0. The number of hydrogen-bond donors (Lipinski definition) is 1. The van der Waals surface area contributed by atoms with Crippen molar-refractivity contribution in [3.8, 4) is 0 Å². The molecule has 0 aliphatic rings. The van der Waals surface area contributed by atoms with E-state index in [2.05, 4.69) is 0 Å². The first-order valence-electron chi connectivity index (χ1n) is 5.26. The third kappa shape index (κ3) is 4.12. The Morgan fingerprint density at radius 3 is 2.81 bits per heavy atom. The molecule has 2 N–H and O–H groups in total. The molecule has 2 nitrogen and oxygen atoms in total. The zero-order valence-electron chi connectivity index (χ0n) is 9.65. The van der Waals surface area contributed by atoms with Crippen molar-refractivity contribution < 1.29 is 9.13 Å². The van der Waals surface area contributed by atoms with Crippen LogP contribution in [0.2, 0.25) is 0 Å². The number of methoxy groups -OCH3 is 1. The molecule has 1 rings (SSSR count). The second-order valence-corrected chi connectivity index (χ2v) is 4.95. The summed E-state index contributed by atoms with van der Waals surface area (Å²) in [6.45, 7) is 2.62. The maximum absolute atomic E-state index is 13.1. The molecular formula is C12H18FNOS. The molecule has 16 heavy (non-hydrogen) atoms. The van der Waals surface area contributed by atoms with Gasteiger partial charge >= 0.3 is 0 Å². The van der Waals surface area contributed by atoms with Gasteiger partial charge < -0.3 is 10.5 Å². The largest absolute Gasteiger partial charge is 0.384 e. The van der Waals surface area contributed by atoms with Crippen LogP contribution in [0.4, 0.5) is 4.39 Å². The second-order valence-electron chi connectivity index (χ2n) is 3.70. The van der Waals surface area contributed by atoms with Crippen LogP contribution in [0.25, 0.3) is 0 Å². The Hall–Kier alpha value is -0.580. The SMILES string of the molecule is COCCSC(c1cccc(F)c1)C(C)N. The summed E-state index contributed by atoms with van der Waals surface area (Å²) in [5.41, 5.74) is 6.86. The lowest BCUT2D eigenvalue weighted by atomic mass is 10.1. The van der Waals surface area contributed by atoms with Gasteiger partial charge in [-0.1, -0.05) is 12.1 Å². The number of halogens is 1. The van der Waals surface area contributed by atoms with E-state index >= 15 is 0 Å². The summed E-state index contributed by atoms with van der Waals surface area (Å²) in [6.07, 6.45) is 0. The predicted octanol–water partition coefficient (Wildman–Crippen LogP) is 2.59. The molecule has 0 saturated heterocycles. The van der Waals surface area contributed by atoms with Gasteiger partial charge in [-0.05, 0) is 24.6 Å². The van der Waals surface area contributed by atoms with E-state index in [0.29, 0.717) is 6.61 Å². The summed E-state index contributed by atoms with van der Waals surface area (Å²) < 4.78 is 18.1. The van der Waals surface area contributed by atoms with Gasteiger partial charge in [0.05, 0.1) is 6.61 Å². The van der Waals surface area contributed by atoms with E-state index < -0.39 is 0 Å². The van der Waals surface area contributed by atoms with Gasteiger partial charge in [0.15, 0.2) is 0 Å². The Labute approximate surface area is 100 Å². The minimum atomic E-state index is -0.213. The highest BCUT2D eigenvalue weighted by Crippen LogP contribution is 2.31. The summed E-state index contributed by atoms with van der Waals surface area (Å²) >= 11 is 1.70. The molecule has 0 heterocycles. The van der Waals surface area contributed by atoms with E-state index in [4.69, 9.17) is 10.5 Å². The van der Waals surface area contributed by atoms with Crippen LogP contribution < -0.4 is 5.73 Å². The molecule has 0 aliphatic heterocycles. The van der Waals surface area contributed by atoms with Crippen molar-refractivity contribution in [2.45, 2.75) is 18.2 Å². The van der Waals surface area contributed by atoms with E-state index in [1.807, 2.05) is 13.0 Å². The summed E-state index contributed by atoms with van der Waals surface area (Å²) in [5, 5.41) is 0.117. The monoisotopic (exact) mass is 243 g/mol. The normalized spacial score (nSPS) is 14.8. The average Bonchev–Trinajstić information content (AvgIpc) is 2.24. The Kier molecular flexibility index (Phi) is 5.80. The molecule has 0 aromatic heterocycles. The van der Waals surface area contributed by atoms with Crippen molar-refractivity contribution in [3.63, 3.8) is 0 Å². The lowest BCUT2D eigenvalue weighted by molar-refractivity contribution is 0.218. The van der Waals surface area contributed by atoms with E-state index in [9.17, 15) is 4.39 Å². The second kappa shape index (κ2) is 6.89. The van der Waals surface area contributed by atoms with Crippen LogP contribution >= 0.6 is 11.8 Å². The number of benzene rings is 1. The quantitative estimate of drug-likeness (QED) is 0.780. The number of nitrogens with two attached hydrogens (primary N) is 1. The fourth-order valence-corrected chi connectivity index (χ4v) is 2.65. The molecular weight excluding hydrogens is 225 g/mol. The van der Waals surface area contributed by atoms with Gasteiger partial charge in [-0.25, -0.2) is 4.39 Å². The van der Waals surface area contributed by atoms with Crippen LogP contribution in [-0.4, -0.2) is 25.5 Å². The smallest absolute Gasteiger partial charge is 0.123 e. The van der Waals surface area contributed by atoms with E-state index in [-0.39, 0.29) is 17.1 Å². The van der Waals surface area contributed by atoms with Crippen LogP contribution in [0.1, 0.15) is 17.7 Å². The number of hydrogen-bond acceptors (Lipinski definition) is 3. The van der Waals surface area contributed by atoms with Crippen molar-refractivity contribution in [2.24, 2.45) is 5.73 Å². The molecule has 0 fully saturated rings. The van der Waals surface area contributed by atoms with Crippen LogP contribution in [-0.2, 0) is 4.74 Å². The summed E-state index contributed by atoms with van der Waals surface area (Å²) in [7, 11) is 1.67. The Bertz CT molecular complexity index is 320. The van der Waals surface area contributed by atoms with E-state index in [0.717, 1.165) is 11.3 Å². The van der Waals surface area contributed by atoms with Gasteiger partial charge in [-0.2, -0.15) is 0 Å². The third-order valence-electron chi connectivity index (χ3n) is 2.24. The Morgan fingerprint density at radius 2 is 2.25 bits per heavy atom. The van der Waals surface area contributed by atoms with Gasteiger partial charge in [-0.3, -0.25) is 0 Å². The van der Waals surface area contributed by atoms with Crippen LogP contribution in [0.5, 0.6) is 0 Å². The molecule has 2 unspecified atom stereocenters. The number of ether oxygens (including phenoxy) is 1. The highest BCUT2D eigenvalue weighted by molar-refractivity contribution is 7.99. The molecule has 0 amide bonds. The van der Waals surface area contributed by atoms with Gasteiger partial charge in [0, 0.05) is 24.2 Å². The molecule has 2 atom stereocenters. The van der Waals surface area contributed by atoms with Crippen LogP contribution in [0, 0.1) is 5.82 Å². The zero-order valence-corrected chi connectivity index (χ0v) is 10.5. The van der Waals surface area contributed by atoms with Gasteiger partial charge in [0.2, 0.25) is 0 Å². The summed E-state index contributed by atoms with van der Waals surface area (Å²) in [6, 6.07) is 6.62. The highest BCUT2D eigenvalue weighted by Gasteiger charge is 2.16. The molecule has 1 aromatic carbocycles. The van der Waals surface area contributed by atoms with E-state index in [1.165, 1.54) is 6.07 Å². The molecule has 1 aromatic rings. The van der Waals surface area contributed by atoms with Gasteiger partial charge in [-0.15, -0.1) is 11.8 Å². The fourth-order valence-electron chi connectivity index (χ4n) is 1.49. The van der Waals surface area contributed by atoms with Crippen LogP contribution in [0.3, 0.4) is 0 Å². The maximum Gasteiger partial charge on any atom is 0.123 e. The first kappa shape index (κ1) is 13.5. The van der Waals surface area contributed by atoms with E-state index in [1.54, 1.807) is 31.0 Å². The molecule has 0 bridgehead atoms. The molecule has 0 saturated carbocycles. The zero-order chi connectivity index (χ0) is 12.0. The van der Waals surface area contributed by atoms with Crippen molar-refractivity contribution >= 4 is 11.8 Å². The highest BCUT2D eigenvalue weighted by atomic mass is 32.2. The molecule has 0 spiro atoms. The molecule has 0 radical (unpaired) electrons. The van der Waals surface area contributed by atoms with Crippen molar-refractivity contribution in [2.75, 3.05) is 19.5 Å². The summed E-state index contributed by atoms with van der Waals surface area (Å²) in [5.74, 6) is 0.648. The van der Waals surface area contributed by atoms with Crippen molar-refractivity contribution in [3.05, 3.63) is 35.6 Å². The van der Waals surface area contributed by atoms with Crippen molar-refractivity contribution in [1.82, 2.24) is 0 Å². The Balaban J connectivity index is 2.69. The predicted molar refractivity (Wildman–Crippen MR) is 67.1 cm³/mol. The van der Waals surface area contributed by atoms with Crippen molar-refractivity contribution in [1.29, 1.82) is 0 Å². The van der Waals surface area contributed by atoms with Gasteiger partial charge in [0.25, 0.3) is 0 Å². The minimum Gasteiger partial charge on any atom is -0.384 e. The topological polar surface area (TPSA) is 35.2 Å². The fraction of sp³-hybridized carbons (Fsp3) is 0.500.